The number of hydrogen-bond acceptors (Lipinski definition) is 4. The van der Waals surface area contributed by atoms with Crippen molar-refractivity contribution < 1.29 is 18.6 Å². The second kappa shape index (κ2) is 9.84. The van der Waals surface area contributed by atoms with Gasteiger partial charge in [0.05, 0.1) is 13.7 Å². The molecule has 0 aliphatic carbocycles. The third kappa shape index (κ3) is 4.69. The van der Waals surface area contributed by atoms with Crippen LogP contribution >= 0.6 is 0 Å². The molecule has 2 aliphatic rings. The second-order valence-electron chi connectivity index (χ2n) is 8.79. The number of benzene rings is 3. The highest BCUT2D eigenvalue weighted by molar-refractivity contribution is 5.51. The van der Waals surface area contributed by atoms with Gasteiger partial charge in [0.25, 0.3) is 0 Å². The molecule has 0 bridgehead atoms. The summed E-state index contributed by atoms with van der Waals surface area (Å²) in [6.07, 6.45) is 2.58. The van der Waals surface area contributed by atoms with Gasteiger partial charge in [-0.3, -0.25) is 4.90 Å². The molecule has 0 amide bonds. The SMILES string of the molecule is COc1ccc2c(c1)OC[C@@H](c1ccccc1F)[C@H]2c1ccc(OCCN2CCCC2)cc1. The van der Waals surface area contributed by atoms with Crippen LogP contribution in [0.25, 0.3) is 0 Å². The summed E-state index contributed by atoms with van der Waals surface area (Å²) in [5.41, 5.74) is 2.83. The maximum absolute atomic E-state index is 14.8. The van der Waals surface area contributed by atoms with E-state index in [0.29, 0.717) is 18.8 Å². The summed E-state index contributed by atoms with van der Waals surface area (Å²) in [5, 5.41) is 0. The molecule has 33 heavy (non-hydrogen) atoms. The van der Waals surface area contributed by atoms with Crippen molar-refractivity contribution >= 4 is 0 Å². The molecule has 3 aromatic carbocycles. The first-order valence-corrected chi connectivity index (χ1v) is 11.7. The van der Waals surface area contributed by atoms with E-state index >= 15 is 0 Å². The van der Waals surface area contributed by atoms with Gasteiger partial charge in [0, 0.05) is 30.0 Å². The van der Waals surface area contributed by atoms with Gasteiger partial charge in [-0.2, -0.15) is 0 Å². The van der Waals surface area contributed by atoms with E-state index in [2.05, 4.69) is 17.0 Å². The van der Waals surface area contributed by atoms with Crippen LogP contribution in [0.5, 0.6) is 17.2 Å². The molecule has 0 spiro atoms. The summed E-state index contributed by atoms with van der Waals surface area (Å²) >= 11 is 0. The van der Waals surface area contributed by atoms with Crippen LogP contribution in [0.15, 0.2) is 66.7 Å². The minimum Gasteiger partial charge on any atom is -0.497 e. The molecular formula is C28H30FNO3. The predicted octanol–water partition coefficient (Wildman–Crippen LogP) is 5.62. The summed E-state index contributed by atoms with van der Waals surface area (Å²) in [5.74, 6) is 2.04. The zero-order valence-electron chi connectivity index (χ0n) is 19.0. The Labute approximate surface area is 194 Å². The molecule has 2 heterocycles. The fourth-order valence-corrected chi connectivity index (χ4v) is 5.04. The lowest BCUT2D eigenvalue weighted by Gasteiger charge is -2.35. The summed E-state index contributed by atoms with van der Waals surface area (Å²) in [7, 11) is 1.65. The van der Waals surface area contributed by atoms with E-state index in [1.54, 1.807) is 13.2 Å². The lowest BCUT2D eigenvalue weighted by molar-refractivity contribution is 0.237. The average molecular weight is 448 g/mol. The Morgan fingerprint density at radius 2 is 1.70 bits per heavy atom. The molecule has 4 nitrogen and oxygen atoms in total. The van der Waals surface area contributed by atoms with Gasteiger partial charge in [0.2, 0.25) is 0 Å². The van der Waals surface area contributed by atoms with Crippen LogP contribution in [0.3, 0.4) is 0 Å². The van der Waals surface area contributed by atoms with E-state index in [9.17, 15) is 4.39 Å². The number of nitrogens with zero attached hydrogens (tertiary/aromatic N) is 1. The number of hydrogen-bond donors (Lipinski definition) is 0. The Morgan fingerprint density at radius 3 is 2.45 bits per heavy atom. The van der Waals surface area contributed by atoms with E-state index in [4.69, 9.17) is 14.2 Å². The lowest BCUT2D eigenvalue weighted by atomic mass is 9.75. The van der Waals surface area contributed by atoms with Crippen LogP contribution in [0.1, 0.15) is 41.4 Å². The number of ether oxygens (including phenoxy) is 3. The quantitative estimate of drug-likeness (QED) is 0.471. The molecule has 0 unspecified atom stereocenters. The van der Waals surface area contributed by atoms with Crippen molar-refractivity contribution in [2.45, 2.75) is 24.7 Å². The molecule has 1 saturated heterocycles. The van der Waals surface area contributed by atoms with Crippen LogP contribution in [0.4, 0.5) is 4.39 Å². The monoisotopic (exact) mass is 447 g/mol. The van der Waals surface area contributed by atoms with Crippen molar-refractivity contribution in [2.24, 2.45) is 0 Å². The smallest absolute Gasteiger partial charge is 0.126 e. The van der Waals surface area contributed by atoms with Crippen LogP contribution in [0, 0.1) is 5.82 Å². The van der Waals surface area contributed by atoms with Gasteiger partial charge in [-0.15, -0.1) is 0 Å². The first-order chi connectivity index (χ1) is 16.2. The maximum atomic E-state index is 14.8. The molecule has 3 aromatic rings. The van der Waals surface area contributed by atoms with Crippen molar-refractivity contribution in [1.82, 2.24) is 4.90 Å². The van der Waals surface area contributed by atoms with E-state index < -0.39 is 0 Å². The van der Waals surface area contributed by atoms with Gasteiger partial charge in [-0.1, -0.05) is 36.4 Å². The largest absolute Gasteiger partial charge is 0.497 e. The van der Waals surface area contributed by atoms with Crippen molar-refractivity contribution in [3.63, 3.8) is 0 Å². The van der Waals surface area contributed by atoms with Crippen molar-refractivity contribution in [3.8, 4) is 17.2 Å². The fourth-order valence-electron chi connectivity index (χ4n) is 5.04. The normalized spacial score (nSPS) is 20.2. The third-order valence-corrected chi connectivity index (χ3v) is 6.80. The van der Waals surface area contributed by atoms with Gasteiger partial charge in [-0.25, -0.2) is 4.39 Å². The van der Waals surface area contributed by atoms with Gasteiger partial charge in [-0.05, 0) is 61.3 Å². The fraction of sp³-hybridized carbons (Fsp3) is 0.357. The molecule has 2 atom stereocenters. The number of likely N-dealkylation sites (tertiary alicyclic amines) is 1. The number of methoxy groups -OCH3 is 1. The highest BCUT2D eigenvalue weighted by Crippen LogP contribution is 2.47. The third-order valence-electron chi connectivity index (χ3n) is 6.80. The lowest BCUT2D eigenvalue weighted by Crippen LogP contribution is -2.26. The standard InChI is InChI=1S/C28H30FNO3/c1-31-22-12-13-24-27(18-22)33-19-25(23-6-2-3-7-26(23)29)28(24)20-8-10-21(11-9-20)32-17-16-30-14-4-5-15-30/h2-3,6-13,18,25,28H,4-5,14-17,19H2,1H3/t25-,28-/m0/s1. The Balaban J connectivity index is 1.41. The summed E-state index contributed by atoms with van der Waals surface area (Å²) in [6, 6.07) is 21.1. The molecule has 172 valence electrons. The number of rotatable bonds is 7. The Morgan fingerprint density at radius 1 is 0.939 bits per heavy atom. The molecule has 0 N–H and O–H groups in total. The molecule has 0 radical (unpaired) electrons. The van der Waals surface area contributed by atoms with Crippen LogP contribution in [-0.2, 0) is 0 Å². The van der Waals surface area contributed by atoms with Gasteiger partial charge < -0.3 is 14.2 Å². The van der Waals surface area contributed by atoms with E-state index in [1.165, 1.54) is 32.0 Å². The zero-order valence-corrected chi connectivity index (χ0v) is 19.0. The minimum absolute atomic E-state index is 0.0322. The Hall–Kier alpha value is -3.05. The number of halogens is 1. The Bertz CT molecular complexity index is 1080. The van der Waals surface area contributed by atoms with Crippen molar-refractivity contribution in [2.75, 3.05) is 40.0 Å². The van der Waals surface area contributed by atoms with Crippen molar-refractivity contribution in [3.05, 3.63) is 89.2 Å². The van der Waals surface area contributed by atoms with E-state index in [1.807, 2.05) is 42.5 Å². The maximum Gasteiger partial charge on any atom is 0.126 e. The minimum atomic E-state index is -0.199. The Kier molecular flexibility index (Phi) is 6.49. The summed E-state index contributed by atoms with van der Waals surface area (Å²) in [4.78, 5) is 2.45. The first kappa shape index (κ1) is 21.8. The van der Waals surface area contributed by atoms with Crippen LogP contribution < -0.4 is 14.2 Å². The molecule has 5 rings (SSSR count). The van der Waals surface area contributed by atoms with Crippen LogP contribution in [-0.4, -0.2) is 44.9 Å². The number of fused-ring (bicyclic) bond motifs is 1. The summed E-state index contributed by atoms with van der Waals surface area (Å²) < 4.78 is 32.3. The van der Waals surface area contributed by atoms with E-state index in [0.717, 1.165) is 34.9 Å². The first-order valence-electron chi connectivity index (χ1n) is 11.7. The molecule has 5 heteroatoms. The highest BCUT2D eigenvalue weighted by Gasteiger charge is 2.35. The molecule has 0 saturated carbocycles. The molecular weight excluding hydrogens is 417 g/mol. The van der Waals surface area contributed by atoms with Gasteiger partial charge in [0.1, 0.15) is 29.7 Å². The van der Waals surface area contributed by atoms with Gasteiger partial charge in [0.15, 0.2) is 0 Å². The predicted molar refractivity (Wildman–Crippen MR) is 127 cm³/mol. The topological polar surface area (TPSA) is 30.9 Å². The average Bonchev–Trinajstić information content (AvgIpc) is 3.37. The zero-order chi connectivity index (χ0) is 22.6. The molecule has 2 aliphatic heterocycles. The van der Waals surface area contributed by atoms with E-state index in [-0.39, 0.29) is 17.7 Å². The van der Waals surface area contributed by atoms with Crippen molar-refractivity contribution in [1.29, 1.82) is 0 Å². The molecule has 1 fully saturated rings. The highest BCUT2D eigenvalue weighted by atomic mass is 19.1. The summed E-state index contributed by atoms with van der Waals surface area (Å²) in [6.45, 7) is 4.41. The van der Waals surface area contributed by atoms with Crippen LogP contribution in [0.2, 0.25) is 0 Å². The molecule has 0 aromatic heterocycles. The second-order valence-corrected chi connectivity index (χ2v) is 8.79. The van der Waals surface area contributed by atoms with Gasteiger partial charge >= 0.3 is 0 Å².